The summed E-state index contributed by atoms with van der Waals surface area (Å²) in [4.78, 5) is 12.5. The molecule has 0 saturated heterocycles. The van der Waals surface area contributed by atoms with Crippen molar-refractivity contribution in [2.24, 2.45) is 5.73 Å². The fourth-order valence-corrected chi connectivity index (χ4v) is 4.03. The van der Waals surface area contributed by atoms with E-state index >= 15 is 0 Å². The number of benzene rings is 3. The highest BCUT2D eigenvalue weighted by molar-refractivity contribution is 6.05. The molecular weight excluding hydrogens is 334 g/mol. The molecule has 1 heterocycles. The predicted octanol–water partition coefficient (Wildman–Crippen LogP) is 4.21. The number of nitrogens with zero attached hydrogens (tertiary/aromatic N) is 2. The fraction of sp³-hybridized carbons (Fsp3) is 0.0435. The molecule has 0 bridgehead atoms. The lowest BCUT2D eigenvalue weighted by Crippen LogP contribution is -2.15. The van der Waals surface area contributed by atoms with Gasteiger partial charge in [-0.15, -0.1) is 0 Å². The van der Waals surface area contributed by atoms with Gasteiger partial charge in [0, 0.05) is 18.0 Å². The maximum atomic E-state index is 12.5. The Hall–Kier alpha value is -3.66. The van der Waals surface area contributed by atoms with Crippen molar-refractivity contribution < 1.29 is 4.79 Å². The second-order valence-corrected chi connectivity index (χ2v) is 6.68. The number of aromatic nitrogens is 2. The molecule has 0 atom stereocenters. The molecule has 3 aromatic carbocycles. The van der Waals surface area contributed by atoms with Crippen molar-refractivity contribution in [2.75, 3.05) is 0 Å². The fourth-order valence-electron chi connectivity index (χ4n) is 4.03. The maximum Gasteiger partial charge on any atom is 0.249 e. The highest BCUT2D eigenvalue weighted by atomic mass is 16.1. The molecule has 5 rings (SSSR count). The van der Waals surface area contributed by atoms with Gasteiger partial charge in [0.05, 0.1) is 11.3 Å². The quantitative estimate of drug-likeness (QED) is 0.529. The largest absolute Gasteiger partial charge is 0.366 e. The van der Waals surface area contributed by atoms with Gasteiger partial charge in [0.15, 0.2) is 0 Å². The summed E-state index contributed by atoms with van der Waals surface area (Å²) in [6, 6.07) is 22.2. The zero-order valence-corrected chi connectivity index (χ0v) is 14.6. The number of primary amides is 1. The van der Waals surface area contributed by atoms with Gasteiger partial charge in [-0.25, -0.2) is 4.68 Å². The minimum Gasteiger partial charge on any atom is -0.366 e. The average molecular weight is 351 g/mol. The van der Waals surface area contributed by atoms with E-state index in [1.54, 1.807) is 6.20 Å². The Morgan fingerprint density at radius 3 is 2.37 bits per heavy atom. The van der Waals surface area contributed by atoms with Crippen molar-refractivity contribution in [1.29, 1.82) is 0 Å². The molecule has 27 heavy (non-hydrogen) atoms. The van der Waals surface area contributed by atoms with Gasteiger partial charge in [0.25, 0.3) is 0 Å². The molecule has 2 N–H and O–H groups in total. The molecule has 0 radical (unpaired) electrons. The van der Waals surface area contributed by atoms with Crippen molar-refractivity contribution in [2.45, 2.75) is 6.42 Å². The summed E-state index contributed by atoms with van der Waals surface area (Å²) in [7, 11) is 0. The lowest BCUT2D eigenvalue weighted by molar-refractivity contribution is 0.1000. The van der Waals surface area contributed by atoms with Crippen molar-refractivity contribution in [3.8, 4) is 27.9 Å². The van der Waals surface area contributed by atoms with Crippen LogP contribution in [0.15, 0.2) is 79.1 Å². The van der Waals surface area contributed by atoms with Crippen LogP contribution in [0, 0.1) is 0 Å². The number of carbonyl (C=O) groups is 1. The normalized spacial score (nSPS) is 11.9. The van der Waals surface area contributed by atoms with E-state index in [1.807, 2.05) is 59.4 Å². The number of carbonyl (C=O) groups excluding carboxylic acids is 1. The van der Waals surface area contributed by atoms with E-state index in [0.717, 1.165) is 34.4 Å². The molecule has 4 heteroatoms. The first-order valence-electron chi connectivity index (χ1n) is 8.87. The molecule has 4 nitrogen and oxygen atoms in total. The summed E-state index contributed by atoms with van der Waals surface area (Å²) in [5.41, 5.74) is 13.7. The van der Waals surface area contributed by atoms with E-state index < -0.39 is 5.91 Å². The number of rotatable bonds is 3. The van der Waals surface area contributed by atoms with Crippen LogP contribution in [0.25, 0.3) is 27.9 Å². The van der Waals surface area contributed by atoms with Crippen molar-refractivity contribution in [3.63, 3.8) is 0 Å². The molecule has 0 spiro atoms. The van der Waals surface area contributed by atoms with Gasteiger partial charge in [0.1, 0.15) is 0 Å². The monoisotopic (exact) mass is 351 g/mol. The molecule has 1 aliphatic carbocycles. The molecule has 0 aliphatic heterocycles. The van der Waals surface area contributed by atoms with Gasteiger partial charge in [-0.05, 0) is 46.4 Å². The zero-order chi connectivity index (χ0) is 18.4. The third-order valence-corrected chi connectivity index (χ3v) is 5.18. The maximum absolute atomic E-state index is 12.5. The van der Waals surface area contributed by atoms with E-state index in [1.165, 1.54) is 11.1 Å². The Bertz CT molecular complexity index is 1180. The van der Waals surface area contributed by atoms with Crippen molar-refractivity contribution >= 4 is 5.91 Å². The minimum atomic E-state index is -0.398. The summed E-state index contributed by atoms with van der Waals surface area (Å²) in [6.07, 6.45) is 4.36. The number of amides is 1. The first kappa shape index (κ1) is 15.6. The Morgan fingerprint density at radius 2 is 1.59 bits per heavy atom. The number of hydrogen-bond acceptors (Lipinski definition) is 2. The summed E-state index contributed by atoms with van der Waals surface area (Å²) >= 11 is 0. The van der Waals surface area contributed by atoms with E-state index in [0.29, 0.717) is 5.56 Å². The molecule has 0 fully saturated rings. The van der Waals surface area contributed by atoms with Crippen LogP contribution < -0.4 is 5.73 Å². The molecule has 4 aromatic rings. The summed E-state index contributed by atoms with van der Waals surface area (Å²) < 4.78 is 1.81. The predicted molar refractivity (Wildman–Crippen MR) is 106 cm³/mol. The Balaban J connectivity index is 1.77. The number of nitrogens with two attached hydrogens (primary N) is 1. The van der Waals surface area contributed by atoms with Gasteiger partial charge in [-0.1, -0.05) is 54.6 Å². The Morgan fingerprint density at radius 1 is 0.852 bits per heavy atom. The van der Waals surface area contributed by atoms with E-state index in [4.69, 9.17) is 5.73 Å². The first-order chi connectivity index (χ1) is 13.2. The molecule has 1 amide bonds. The summed E-state index contributed by atoms with van der Waals surface area (Å²) in [6.45, 7) is 0. The number of hydrogen-bond donors (Lipinski definition) is 1. The van der Waals surface area contributed by atoms with Crippen LogP contribution in [-0.4, -0.2) is 15.7 Å². The van der Waals surface area contributed by atoms with E-state index in [9.17, 15) is 4.79 Å². The number of fused-ring (bicyclic) bond motifs is 3. The number of para-hydroxylation sites is 1. The van der Waals surface area contributed by atoms with Gasteiger partial charge >= 0.3 is 0 Å². The molecular formula is C23H17N3O. The average Bonchev–Trinajstić information content (AvgIpc) is 3.34. The Kier molecular flexibility index (Phi) is 3.44. The van der Waals surface area contributed by atoms with Crippen LogP contribution >= 0.6 is 0 Å². The second kappa shape index (κ2) is 5.95. The minimum absolute atomic E-state index is 0.398. The lowest BCUT2D eigenvalue weighted by atomic mass is 9.91. The van der Waals surface area contributed by atoms with Crippen LogP contribution in [0.5, 0.6) is 0 Å². The molecule has 130 valence electrons. The third-order valence-electron chi connectivity index (χ3n) is 5.18. The van der Waals surface area contributed by atoms with Crippen molar-refractivity contribution in [3.05, 3.63) is 95.8 Å². The highest BCUT2D eigenvalue weighted by Crippen LogP contribution is 2.42. The standard InChI is InChI=1S/C23H17N3O/c24-23(27)22-19(18-8-3-4-9-21(18)26-13-5-12-25-26)11-10-17-16-7-2-1-6-15(16)14-20(17)22/h1-13H,14H2,(H2,24,27). The third kappa shape index (κ3) is 2.38. The van der Waals surface area contributed by atoms with Gasteiger partial charge in [-0.3, -0.25) is 4.79 Å². The second-order valence-electron chi connectivity index (χ2n) is 6.68. The molecule has 1 aliphatic rings. The molecule has 1 aromatic heterocycles. The summed E-state index contributed by atoms with van der Waals surface area (Å²) in [5, 5.41) is 4.35. The smallest absolute Gasteiger partial charge is 0.249 e. The van der Waals surface area contributed by atoms with E-state index in [-0.39, 0.29) is 0 Å². The van der Waals surface area contributed by atoms with E-state index in [2.05, 4.69) is 23.3 Å². The topological polar surface area (TPSA) is 60.9 Å². The SMILES string of the molecule is NC(=O)c1c(-c2ccccc2-n2cccn2)ccc2c1Cc1ccccc1-2. The van der Waals surface area contributed by atoms with Crippen LogP contribution in [0.2, 0.25) is 0 Å². The Labute approximate surface area is 156 Å². The van der Waals surface area contributed by atoms with Crippen LogP contribution in [-0.2, 0) is 6.42 Å². The highest BCUT2D eigenvalue weighted by Gasteiger charge is 2.26. The lowest BCUT2D eigenvalue weighted by Gasteiger charge is -2.15. The van der Waals surface area contributed by atoms with Crippen molar-refractivity contribution in [1.82, 2.24) is 9.78 Å². The summed E-state index contributed by atoms with van der Waals surface area (Å²) in [5.74, 6) is -0.398. The van der Waals surface area contributed by atoms with Crippen LogP contribution in [0.1, 0.15) is 21.5 Å². The zero-order valence-electron chi connectivity index (χ0n) is 14.6. The van der Waals surface area contributed by atoms with Gasteiger partial charge in [0.2, 0.25) is 5.91 Å². The molecule has 0 saturated carbocycles. The van der Waals surface area contributed by atoms with Gasteiger partial charge in [-0.2, -0.15) is 5.10 Å². The van der Waals surface area contributed by atoms with Crippen LogP contribution in [0.4, 0.5) is 0 Å². The first-order valence-corrected chi connectivity index (χ1v) is 8.87. The van der Waals surface area contributed by atoms with Crippen LogP contribution in [0.3, 0.4) is 0 Å². The molecule has 0 unspecified atom stereocenters. The van der Waals surface area contributed by atoms with Gasteiger partial charge < -0.3 is 5.73 Å².